The highest BCUT2D eigenvalue weighted by Crippen LogP contribution is 2.32. The number of aryl methyl sites for hydroxylation is 2. The maximum atomic E-state index is 12.4. The molecule has 0 unspecified atom stereocenters. The standard InChI is InChI=1S/C30H51NO3/c1-8-10-11-12-13-14-15-16-17-18-19-20-21-22-23-27-25(4)31-24(3)26(9-2)28(27)33-29(32)34-30(5,6)7/h9H,2,8,10-23H2,1,3-7H3. The number of pyridine rings is 1. The average molecular weight is 474 g/mol. The van der Waals surface area contributed by atoms with E-state index in [1.165, 1.54) is 83.5 Å². The molecular formula is C30H51NO3. The van der Waals surface area contributed by atoms with Crippen LogP contribution in [-0.4, -0.2) is 16.7 Å². The van der Waals surface area contributed by atoms with Crippen LogP contribution in [0.1, 0.15) is 140 Å². The summed E-state index contributed by atoms with van der Waals surface area (Å²) in [5, 5.41) is 0. The largest absolute Gasteiger partial charge is 0.514 e. The summed E-state index contributed by atoms with van der Waals surface area (Å²) < 4.78 is 11.1. The summed E-state index contributed by atoms with van der Waals surface area (Å²) in [4.78, 5) is 17.0. The van der Waals surface area contributed by atoms with E-state index in [-0.39, 0.29) is 0 Å². The van der Waals surface area contributed by atoms with E-state index in [1.807, 2.05) is 34.6 Å². The van der Waals surface area contributed by atoms with Gasteiger partial charge in [-0.15, -0.1) is 0 Å². The quantitative estimate of drug-likeness (QED) is 0.167. The molecule has 1 aromatic heterocycles. The van der Waals surface area contributed by atoms with Crippen LogP contribution in [0.4, 0.5) is 4.79 Å². The number of carbonyl (C=O) groups is 1. The number of hydrogen-bond acceptors (Lipinski definition) is 4. The first-order chi connectivity index (χ1) is 16.2. The number of rotatable bonds is 17. The molecule has 1 heterocycles. The molecule has 0 saturated heterocycles. The molecular weight excluding hydrogens is 422 g/mol. The van der Waals surface area contributed by atoms with Gasteiger partial charge in [0.2, 0.25) is 0 Å². The predicted molar refractivity (Wildman–Crippen MR) is 145 cm³/mol. The van der Waals surface area contributed by atoms with Crippen LogP contribution in [0.15, 0.2) is 6.58 Å². The molecule has 194 valence electrons. The van der Waals surface area contributed by atoms with Gasteiger partial charge in [0.15, 0.2) is 0 Å². The van der Waals surface area contributed by atoms with E-state index in [1.54, 1.807) is 6.08 Å². The summed E-state index contributed by atoms with van der Waals surface area (Å²) in [7, 11) is 0. The lowest BCUT2D eigenvalue weighted by Crippen LogP contribution is -2.26. The van der Waals surface area contributed by atoms with E-state index in [0.29, 0.717) is 5.75 Å². The maximum Gasteiger partial charge on any atom is 0.514 e. The summed E-state index contributed by atoms with van der Waals surface area (Å²) in [5.41, 5.74) is 2.89. The SMILES string of the molecule is C=Cc1c(C)nc(C)c(CCCCCCCCCCCCCCCC)c1OC(=O)OC(C)(C)C. The molecule has 0 fully saturated rings. The molecule has 0 spiro atoms. The minimum atomic E-state index is -0.678. The van der Waals surface area contributed by atoms with E-state index in [4.69, 9.17) is 9.47 Å². The summed E-state index contributed by atoms with van der Waals surface area (Å²) in [6.07, 6.45) is 20.6. The molecule has 0 aliphatic carbocycles. The monoisotopic (exact) mass is 473 g/mol. The highest BCUT2D eigenvalue weighted by atomic mass is 16.7. The van der Waals surface area contributed by atoms with Gasteiger partial charge in [0.25, 0.3) is 0 Å². The predicted octanol–water partition coefficient (Wildman–Crippen LogP) is 9.68. The minimum Gasteiger partial charge on any atom is -0.428 e. The number of aromatic nitrogens is 1. The van der Waals surface area contributed by atoms with Gasteiger partial charge in [0.05, 0.1) is 0 Å². The zero-order chi connectivity index (χ0) is 25.4. The van der Waals surface area contributed by atoms with Crippen LogP contribution in [0.2, 0.25) is 0 Å². The summed E-state index contributed by atoms with van der Waals surface area (Å²) in [5.74, 6) is 0.559. The molecule has 0 atom stereocenters. The second-order valence-corrected chi connectivity index (χ2v) is 10.6. The lowest BCUT2D eigenvalue weighted by Gasteiger charge is -2.21. The van der Waals surface area contributed by atoms with Crippen LogP contribution in [0.5, 0.6) is 5.75 Å². The number of nitrogens with zero attached hydrogens (tertiary/aromatic N) is 1. The van der Waals surface area contributed by atoms with Gasteiger partial charge < -0.3 is 9.47 Å². The van der Waals surface area contributed by atoms with Gasteiger partial charge >= 0.3 is 6.16 Å². The van der Waals surface area contributed by atoms with Crippen LogP contribution in [0.3, 0.4) is 0 Å². The van der Waals surface area contributed by atoms with Gasteiger partial charge in [-0.3, -0.25) is 4.98 Å². The Hall–Kier alpha value is -1.84. The third kappa shape index (κ3) is 12.6. The zero-order valence-corrected chi connectivity index (χ0v) is 23.1. The normalized spacial score (nSPS) is 11.5. The van der Waals surface area contributed by atoms with Crippen molar-refractivity contribution in [1.82, 2.24) is 4.98 Å². The van der Waals surface area contributed by atoms with Crippen LogP contribution < -0.4 is 4.74 Å². The molecule has 0 saturated carbocycles. The molecule has 0 aliphatic heterocycles. The smallest absolute Gasteiger partial charge is 0.428 e. The highest BCUT2D eigenvalue weighted by Gasteiger charge is 2.22. The Bertz CT molecular complexity index is 734. The van der Waals surface area contributed by atoms with Crippen molar-refractivity contribution >= 4 is 12.2 Å². The molecule has 34 heavy (non-hydrogen) atoms. The summed E-state index contributed by atoms with van der Waals surface area (Å²) in [6.45, 7) is 15.6. The minimum absolute atomic E-state index is 0.559. The molecule has 4 heteroatoms. The number of unbranched alkanes of at least 4 members (excludes halogenated alkanes) is 13. The van der Waals surface area contributed by atoms with E-state index >= 15 is 0 Å². The van der Waals surface area contributed by atoms with Crippen molar-refractivity contribution in [1.29, 1.82) is 0 Å². The number of carbonyl (C=O) groups excluding carboxylic acids is 1. The number of ether oxygens (including phenoxy) is 2. The van der Waals surface area contributed by atoms with Crippen molar-refractivity contribution in [2.45, 2.75) is 143 Å². The Kier molecular flexibility index (Phi) is 14.9. The van der Waals surface area contributed by atoms with Crippen molar-refractivity contribution in [3.8, 4) is 5.75 Å². The fraction of sp³-hybridized carbons (Fsp3) is 0.733. The second-order valence-electron chi connectivity index (χ2n) is 10.6. The van der Waals surface area contributed by atoms with Crippen molar-refractivity contribution in [2.24, 2.45) is 0 Å². The first-order valence-electron chi connectivity index (χ1n) is 13.7. The average Bonchev–Trinajstić information content (AvgIpc) is 2.74. The lowest BCUT2D eigenvalue weighted by atomic mass is 9.99. The van der Waals surface area contributed by atoms with Crippen LogP contribution >= 0.6 is 0 Å². The molecule has 0 aliphatic rings. The van der Waals surface area contributed by atoms with Crippen molar-refractivity contribution in [2.75, 3.05) is 0 Å². The molecule has 4 nitrogen and oxygen atoms in total. The first-order valence-corrected chi connectivity index (χ1v) is 13.7. The van der Waals surface area contributed by atoms with E-state index in [9.17, 15) is 4.79 Å². The van der Waals surface area contributed by atoms with E-state index < -0.39 is 11.8 Å². The van der Waals surface area contributed by atoms with E-state index in [0.717, 1.165) is 35.4 Å². The lowest BCUT2D eigenvalue weighted by molar-refractivity contribution is 0.0203. The van der Waals surface area contributed by atoms with Crippen LogP contribution in [0.25, 0.3) is 6.08 Å². The topological polar surface area (TPSA) is 48.4 Å². The van der Waals surface area contributed by atoms with Crippen LogP contribution in [-0.2, 0) is 11.2 Å². The zero-order valence-electron chi connectivity index (χ0n) is 23.1. The fourth-order valence-electron chi connectivity index (χ4n) is 4.37. The summed E-state index contributed by atoms with van der Waals surface area (Å²) >= 11 is 0. The van der Waals surface area contributed by atoms with Crippen molar-refractivity contribution < 1.29 is 14.3 Å². The molecule has 0 aromatic carbocycles. The van der Waals surface area contributed by atoms with Gasteiger partial charge in [0.1, 0.15) is 11.4 Å². The fourth-order valence-corrected chi connectivity index (χ4v) is 4.37. The summed E-state index contributed by atoms with van der Waals surface area (Å²) in [6, 6.07) is 0. The molecule has 1 rings (SSSR count). The Morgan fingerprint density at radius 2 is 1.29 bits per heavy atom. The molecule has 1 aromatic rings. The van der Waals surface area contributed by atoms with Gasteiger partial charge in [-0.05, 0) is 47.5 Å². The second kappa shape index (κ2) is 16.7. The highest BCUT2D eigenvalue weighted by molar-refractivity contribution is 5.70. The van der Waals surface area contributed by atoms with Gasteiger partial charge in [-0.1, -0.05) is 103 Å². The molecule has 0 radical (unpaired) electrons. The van der Waals surface area contributed by atoms with Crippen LogP contribution in [0, 0.1) is 13.8 Å². The van der Waals surface area contributed by atoms with Gasteiger partial charge in [-0.2, -0.15) is 0 Å². The molecule has 0 bridgehead atoms. The third-order valence-corrected chi connectivity index (χ3v) is 6.24. The third-order valence-electron chi connectivity index (χ3n) is 6.24. The Morgan fingerprint density at radius 1 is 0.824 bits per heavy atom. The van der Waals surface area contributed by atoms with Crippen molar-refractivity contribution in [3.63, 3.8) is 0 Å². The number of hydrogen-bond donors (Lipinski definition) is 0. The van der Waals surface area contributed by atoms with Gasteiger partial charge in [0, 0.05) is 22.5 Å². The van der Waals surface area contributed by atoms with E-state index in [2.05, 4.69) is 18.5 Å². The Balaban J connectivity index is 2.41. The first kappa shape index (κ1) is 30.2. The van der Waals surface area contributed by atoms with Crippen molar-refractivity contribution in [3.05, 3.63) is 29.1 Å². The molecule has 0 amide bonds. The molecule has 0 N–H and O–H groups in total. The maximum absolute atomic E-state index is 12.4. The Morgan fingerprint density at radius 3 is 1.74 bits per heavy atom. The van der Waals surface area contributed by atoms with Gasteiger partial charge in [-0.25, -0.2) is 4.79 Å². The Labute approximate surface area is 209 Å².